The van der Waals surface area contributed by atoms with Crippen molar-refractivity contribution in [2.45, 2.75) is 26.2 Å². The molecule has 108 valence electrons. The summed E-state index contributed by atoms with van der Waals surface area (Å²) in [6.07, 6.45) is 2.59. The number of nitrogens with one attached hydrogen (secondary N) is 2. The first-order valence-electron chi connectivity index (χ1n) is 6.91. The minimum atomic E-state index is -0.958. The van der Waals surface area contributed by atoms with Crippen molar-refractivity contribution in [3.05, 3.63) is 29.3 Å². The van der Waals surface area contributed by atoms with Gasteiger partial charge in [0.2, 0.25) is 5.91 Å². The predicted octanol–water partition coefficient (Wildman–Crippen LogP) is 2.02. The van der Waals surface area contributed by atoms with E-state index in [2.05, 4.69) is 10.6 Å². The number of aromatic carboxylic acids is 1. The third kappa shape index (κ3) is 3.81. The van der Waals surface area contributed by atoms with E-state index < -0.39 is 5.97 Å². The van der Waals surface area contributed by atoms with Gasteiger partial charge in [-0.3, -0.25) is 4.79 Å². The van der Waals surface area contributed by atoms with Crippen molar-refractivity contribution in [3.63, 3.8) is 0 Å². The fourth-order valence-electron chi connectivity index (χ4n) is 2.49. The Balaban J connectivity index is 1.95. The normalized spacial score (nSPS) is 15.8. The zero-order valence-electron chi connectivity index (χ0n) is 11.6. The topological polar surface area (TPSA) is 78.4 Å². The molecule has 5 nitrogen and oxygen atoms in total. The number of anilines is 1. The number of rotatable bonds is 4. The van der Waals surface area contributed by atoms with Gasteiger partial charge >= 0.3 is 5.97 Å². The van der Waals surface area contributed by atoms with Crippen molar-refractivity contribution in [1.82, 2.24) is 5.32 Å². The number of carbonyl (C=O) groups is 2. The second-order valence-corrected chi connectivity index (χ2v) is 5.28. The summed E-state index contributed by atoms with van der Waals surface area (Å²) >= 11 is 0. The van der Waals surface area contributed by atoms with Gasteiger partial charge in [-0.05, 0) is 62.5 Å². The van der Waals surface area contributed by atoms with E-state index in [0.717, 1.165) is 31.5 Å². The number of carboxylic acids is 1. The predicted molar refractivity (Wildman–Crippen MR) is 77.0 cm³/mol. The van der Waals surface area contributed by atoms with Crippen LogP contribution in [0.2, 0.25) is 0 Å². The molecule has 0 aliphatic carbocycles. The highest BCUT2D eigenvalue weighted by molar-refractivity contribution is 5.93. The molecule has 3 N–H and O–H groups in total. The molecule has 0 radical (unpaired) electrons. The molecule has 0 unspecified atom stereocenters. The number of carbonyl (C=O) groups excluding carboxylic acids is 1. The van der Waals surface area contributed by atoms with Crippen LogP contribution in [0.25, 0.3) is 0 Å². The molecule has 1 fully saturated rings. The molecule has 1 amide bonds. The number of amides is 1. The van der Waals surface area contributed by atoms with E-state index in [4.69, 9.17) is 5.11 Å². The maximum Gasteiger partial charge on any atom is 0.335 e. The van der Waals surface area contributed by atoms with E-state index in [9.17, 15) is 9.59 Å². The summed E-state index contributed by atoms with van der Waals surface area (Å²) in [6.45, 7) is 3.75. The number of aryl methyl sites for hydroxylation is 1. The zero-order valence-corrected chi connectivity index (χ0v) is 11.6. The molecule has 1 heterocycles. The third-order valence-electron chi connectivity index (χ3n) is 3.68. The lowest BCUT2D eigenvalue weighted by molar-refractivity contribution is -0.117. The molecule has 1 saturated heterocycles. The Morgan fingerprint density at radius 2 is 2.05 bits per heavy atom. The Bertz CT molecular complexity index is 508. The first-order chi connectivity index (χ1) is 9.56. The SMILES string of the molecule is Cc1cc(C(=O)O)ccc1NC(=O)CC1CCNCC1. The molecule has 0 spiro atoms. The van der Waals surface area contributed by atoms with Crippen molar-refractivity contribution >= 4 is 17.6 Å². The van der Waals surface area contributed by atoms with Crippen LogP contribution in [0.1, 0.15) is 35.2 Å². The van der Waals surface area contributed by atoms with Gasteiger partial charge in [0.25, 0.3) is 0 Å². The lowest BCUT2D eigenvalue weighted by atomic mass is 9.94. The summed E-state index contributed by atoms with van der Waals surface area (Å²) < 4.78 is 0. The molecule has 1 aliphatic heterocycles. The molecule has 1 aromatic carbocycles. The summed E-state index contributed by atoms with van der Waals surface area (Å²) in [5.41, 5.74) is 1.69. The van der Waals surface area contributed by atoms with Crippen LogP contribution in [-0.4, -0.2) is 30.1 Å². The van der Waals surface area contributed by atoms with Crippen LogP contribution in [0, 0.1) is 12.8 Å². The van der Waals surface area contributed by atoms with Gasteiger partial charge in [0, 0.05) is 12.1 Å². The summed E-state index contributed by atoms with van der Waals surface area (Å²) in [4.78, 5) is 22.9. The van der Waals surface area contributed by atoms with Gasteiger partial charge in [0.05, 0.1) is 5.56 Å². The van der Waals surface area contributed by atoms with Crippen molar-refractivity contribution in [2.24, 2.45) is 5.92 Å². The molecule has 20 heavy (non-hydrogen) atoms. The van der Waals surface area contributed by atoms with E-state index in [1.165, 1.54) is 6.07 Å². The fraction of sp³-hybridized carbons (Fsp3) is 0.467. The largest absolute Gasteiger partial charge is 0.478 e. The van der Waals surface area contributed by atoms with Crippen molar-refractivity contribution in [3.8, 4) is 0 Å². The molecule has 2 rings (SSSR count). The summed E-state index contributed by atoms with van der Waals surface area (Å²) in [7, 11) is 0. The van der Waals surface area contributed by atoms with Crippen LogP contribution in [0.15, 0.2) is 18.2 Å². The Hall–Kier alpha value is -1.88. The molecule has 1 aromatic rings. The highest BCUT2D eigenvalue weighted by Gasteiger charge is 2.17. The smallest absolute Gasteiger partial charge is 0.335 e. The minimum Gasteiger partial charge on any atom is -0.478 e. The molecular weight excluding hydrogens is 256 g/mol. The zero-order chi connectivity index (χ0) is 14.5. The number of hydrogen-bond donors (Lipinski definition) is 3. The number of carboxylic acid groups (broad SMARTS) is 1. The molecular formula is C15H20N2O3. The summed E-state index contributed by atoms with van der Waals surface area (Å²) in [5, 5.41) is 15.1. The van der Waals surface area contributed by atoms with Crippen LogP contribution < -0.4 is 10.6 Å². The quantitative estimate of drug-likeness (QED) is 0.786. The molecule has 1 aliphatic rings. The van der Waals surface area contributed by atoms with E-state index in [-0.39, 0.29) is 11.5 Å². The van der Waals surface area contributed by atoms with Crippen LogP contribution in [-0.2, 0) is 4.79 Å². The minimum absolute atomic E-state index is 0.00285. The highest BCUT2D eigenvalue weighted by Crippen LogP contribution is 2.20. The van der Waals surface area contributed by atoms with Crippen LogP contribution in [0.4, 0.5) is 5.69 Å². The van der Waals surface area contributed by atoms with Crippen molar-refractivity contribution in [1.29, 1.82) is 0 Å². The van der Waals surface area contributed by atoms with Gasteiger partial charge in [-0.15, -0.1) is 0 Å². The van der Waals surface area contributed by atoms with Crippen LogP contribution >= 0.6 is 0 Å². The van der Waals surface area contributed by atoms with Crippen LogP contribution in [0.3, 0.4) is 0 Å². The average Bonchev–Trinajstić information content (AvgIpc) is 2.42. The Labute approximate surface area is 118 Å². The van der Waals surface area contributed by atoms with Gasteiger partial charge in [-0.2, -0.15) is 0 Å². The lowest BCUT2D eigenvalue weighted by Crippen LogP contribution is -2.30. The van der Waals surface area contributed by atoms with Gasteiger partial charge in [-0.25, -0.2) is 4.79 Å². The van der Waals surface area contributed by atoms with Gasteiger partial charge in [0.1, 0.15) is 0 Å². The molecule has 0 bridgehead atoms. The van der Waals surface area contributed by atoms with Gasteiger partial charge < -0.3 is 15.7 Å². The Morgan fingerprint density at radius 3 is 2.65 bits per heavy atom. The summed E-state index contributed by atoms with van der Waals surface area (Å²) in [5.74, 6) is -0.515. The second kappa shape index (κ2) is 6.52. The van der Waals surface area contributed by atoms with Crippen LogP contribution in [0.5, 0.6) is 0 Å². The molecule has 0 atom stereocenters. The van der Waals surface area contributed by atoms with Crippen molar-refractivity contribution in [2.75, 3.05) is 18.4 Å². The monoisotopic (exact) mass is 276 g/mol. The number of piperidine rings is 1. The van der Waals surface area contributed by atoms with Crippen molar-refractivity contribution < 1.29 is 14.7 Å². The fourth-order valence-corrected chi connectivity index (χ4v) is 2.49. The molecule has 0 aromatic heterocycles. The van der Waals surface area contributed by atoms with Gasteiger partial charge in [0.15, 0.2) is 0 Å². The lowest BCUT2D eigenvalue weighted by Gasteiger charge is -2.22. The first kappa shape index (κ1) is 14.5. The van der Waals surface area contributed by atoms with Gasteiger partial charge in [-0.1, -0.05) is 0 Å². The molecule has 0 saturated carbocycles. The second-order valence-electron chi connectivity index (χ2n) is 5.28. The van der Waals surface area contributed by atoms with E-state index in [1.54, 1.807) is 19.1 Å². The average molecular weight is 276 g/mol. The maximum absolute atomic E-state index is 12.0. The summed E-state index contributed by atoms with van der Waals surface area (Å²) in [6, 6.07) is 4.73. The van der Waals surface area contributed by atoms with E-state index in [1.807, 2.05) is 0 Å². The Morgan fingerprint density at radius 1 is 1.35 bits per heavy atom. The molecule has 5 heteroatoms. The number of benzene rings is 1. The third-order valence-corrected chi connectivity index (χ3v) is 3.68. The van der Waals surface area contributed by atoms with E-state index in [0.29, 0.717) is 18.0 Å². The highest BCUT2D eigenvalue weighted by atomic mass is 16.4. The first-order valence-corrected chi connectivity index (χ1v) is 6.91. The maximum atomic E-state index is 12.0. The Kier molecular flexibility index (Phi) is 4.74. The standard InChI is InChI=1S/C15H20N2O3/c1-10-8-12(15(19)20)2-3-13(10)17-14(18)9-11-4-6-16-7-5-11/h2-3,8,11,16H,4-7,9H2,1H3,(H,17,18)(H,19,20). The number of hydrogen-bond acceptors (Lipinski definition) is 3. The van der Waals surface area contributed by atoms with E-state index >= 15 is 0 Å².